The summed E-state index contributed by atoms with van der Waals surface area (Å²) < 4.78 is 5.14. The van der Waals surface area contributed by atoms with Crippen molar-refractivity contribution < 1.29 is 9.84 Å². The molecule has 0 aliphatic heterocycles. The van der Waals surface area contributed by atoms with Gasteiger partial charge in [-0.25, -0.2) is 0 Å². The van der Waals surface area contributed by atoms with Gasteiger partial charge in [0, 0.05) is 18.8 Å². The Morgan fingerprint density at radius 2 is 1.90 bits per heavy atom. The van der Waals surface area contributed by atoms with Crippen LogP contribution in [0.15, 0.2) is 48.7 Å². The van der Waals surface area contributed by atoms with Crippen LogP contribution in [-0.4, -0.2) is 35.2 Å². The predicted molar refractivity (Wildman–Crippen MR) is 83.1 cm³/mol. The van der Waals surface area contributed by atoms with Gasteiger partial charge in [-0.2, -0.15) is 0 Å². The van der Waals surface area contributed by atoms with E-state index in [2.05, 4.69) is 9.88 Å². The molecule has 0 aliphatic rings. The van der Waals surface area contributed by atoms with E-state index in [0.717, 1.165) is 17.0 Å². The number of rotatable bonds is 6. The van der Waals surface area contributed by atoms with E-state index in [-0.39, 0.29) is 6.04 Å². The molecule has 21 heavy (non-hydrogen) atoms. The molecule has 1 heterocycles. The lowest BCUT2D eigenvalue weighted by Crippen LogP contribution is -2.34. The van der Waals surface area contributed by atoms with Crippen molar-refractivity contribution in [3.8, 4) is 5.75 Å². The number of pyridine rings is 1. The zero-order valence-corrected chi connectivity index (χ0v) is 12.7. The van der Waals surface area contributed by atoms with Crippen molar-refractivity contribution in [3.05, 3.63) is 59.9 Å². The maximum atomic E-state index is 10.5. The smallest absolute Gasteiger partial charge is 0.118 e. The van der Waals surface area contributed by atoms with E-state index in [1.165, 1.54) is 0 Å². The molecule has 2 unspecified atom stereocenters. The summed E-state index contributed by atoms with van der Waals surface area (Å²) in [7, 11) is 3.63. The van der Waals surface area contributed by atoms with E-state index >= 15 is 0 Å². The van der Waals surface area contributed by atoms with Crippen molar-refractivity contribution >= 4 is 0 Å². The van der Waals surface area contributed by atoms with Gasteiger partial charge in [0.15, 0.2) is 0 Å². The van der Waals surface area contributed by atoms with Crippen molar-refractivity contribution in [1.82, 2.24) is 9.88 Å². The Kier molecular flexibility index (Phi) is 5.31. The maximum absolute atomic E-state index is 10.5. The molecular weight excluding hydrogens is 264 g/mol. The highest BCUT2D eigenvalue weighted by molar-refractivity contribution is 5.29. The molecule has 2 rings (SSSR count). The summed E-state index contributed by atoms with van der Waals surface area (Å²) in [5.41, 5.74) is 1.88. The zero-order chi connectivity index (χ0) is 15.2. The molecule has 112 valence electrons. The Morgan fingerprint density at radius 1 is 1.19 bits per heavy atom. The van der Waals surface area contributed by atoms with Gasteiger partial charge in [-0.1, -0.05) is 18.2 Å². The third-order valence-electron chi connectivity index (χ3n) is 3.75. The number of ether oxygens (including phenoxy) is 1. The molecule has 0 fully saturated rings. The molecule has 4 nitrogen and oxygen atoms in total. The van der Waals surface area contributed by atoms with Crippen LogP contribution in [0.4, 0.5) is 0 Å². The lowest BCUT2D eigenvalue weighted by Gasteiger charge is -2.29. The Bertz CT molecular complexity index is 542. The SMILES string of the molecule is COc1ccc(C(O)C(C)N(C)Cc2ccccn2)cc1. The molecule has 1 aromatic heterocycles. The minimum absolute atomic E-state index is 0.0135. The summed E-state index contributed by atoms with van der Waals surface area (Å²) in [4.78, 5) is 6.41. The Hall–Kier alpha value is -1.91. The first-order valence-electron chi connectivity index (χ1n) is 7.04. The number of benzene rings is 1. The molecule has 0 saturated heterocycles. The monoisotopic (exact) mass is 286 g/mol. The predicted octanol–water partition coefficient (Wildman–Crippen LogP) is 2.64. The van der Waals surface area contributed by atoms with Gasteiger partial charge < -0.3 is 9.84 Å². The number of aromatic nitrogens is 1. The van der Waals surface area contributed by atoms with E-state index in [9.17, 15) is 5.11 Å². The molecule has 0 aliphatic carbocycles. The van der Waals surface area contributed by atoms with Gasteiger partial charge in [-0.3, -0.25) is 9.88 Å². The number of aliphatic hydroxyl groups excluding tert-OH is 1. The molecule has 2 atom stereocenters. The Morgan fingerprint density at radius 3 is 2.48 bits per heavy atom. The Balaban J connectivity index is 2.01. The lowest BCUT2D eigenvalue weighted by atomic mass is 10.0. The first-order valence-corrected chi connectivity index (χ1v) is 7.04. The van der Waals surface area contributed by atoms with E-state index < -0.39 is 6.10 Å². The molecule has 0 saturated carbocycles. The summed E-state index contributed by atoms with van der Waals surface area (Å²) in [6.45, 7) is 2.72. The fourth-order valence-electron chi connectivity index (χ4n) is 2.21. The summed E-state index contributed by atoms with van der Waals surface area (Å²) in [6, 6.07) is 13.4. The fourth-order valence-corrected chi connectivity index (χ4v) is 2.21. The van der Waals surface area contributed by atoms with Gasteiger partial charge in [0.05, 0.1) is 18.9 Å². The molecule has 0 radical (unpaired) electrons. The van der Waals surface area contributed by atoms with Crippen molar-refractivity contribution in [2.45, 2.75) is 25.6 Å². The van der Waals surface area contributed by atoms with Crippen LogP contribution in [0.25, 0.3) is 0 Å². The van der Waals surface area contributed by atoms with Gasteiger partial charge in [-0.05, 0) is 43.8 Å². The van der Waals surface area contributed by atoms with Crippen LogP contribution < -0.4 is 4.74 Å². The van der Waals surface area contributed by atoms with Crippen molar-refractivity contribution in [1.29, 1.82) is 0 Å². The van der Waals surface area contributed by atoms with Crippen LogP contribution in [0.2, 0.25) is 0 Å². The summed E-state index contributed by atoms with van der Waals surface area (Å²) in [5, 5.41) is 10.5. The van der Waals surface area contributed by atoms with Crippen molar-refractivity contribution in [3.63, 3.8) is 0 Å². The van der Waals surface area contributed by atoms with Crippen LogP contribution in [0, 0.1) is 0 Å². The molecule has 2 aromatic rings. The van der Waals surface area contributed by atoms with Gasteiger partial charge in [-0.15, -0.1) is 0 Å². The number of likely N-dealkylation sites (N-methyl/N-ethyl adjacent to an activating group) is 1. The molecule has 0 spiro atoms. The second-order valence-corrected chi connectivity index (χ2v) is 5.19. The second kappa shape index (κ2) is 7.20. The van der Waals surface area contributed by atoms with E-state index in [4.69, 9.17) is 4.74 Å². The maximum Gasteiger partial charge on any atom is 0.118 e. The number of aliphatic hydroxyl groups is 1. The number of nitrogens with zero attached hydrogens (tertiary/aromatic N) is 2. The first-order chi connectivity index (χ1) is 10.1. The largest absolute Gasteiger partial charge is 0.497 e. The van der Waals surface area contributed by atoms with Gasteiger partial charge >= 0.3 is 0 Å². The number of methoxy groups -OCH3 is 1. The molecular formula is C17H22N2O2. The highest BCUT2D eigenvalue weighted by atomic mass is 16.5. The van der Waals surface area contributed by atoms with Gasteiger partial charge in [0.25, 0.3) is 0 Å². The highest BCUT2D eigenvalue weighted by Crippen LogP contribution is 2.23. The van der Waals surface area contributed by atoms with Crippen molar-refractivity contribution in [2.24, 2.45) is 0 Å². The van der Waals surface area contributed by atoms with Crippen LogP contribution >= 0.6 is 0 Å². The average Bonchev–Trinajstić information content (AvgIpc) is 2.54. The highest BCUT2D eigenvalue weighted by Gasteiger charge is 2.20. The van der Waals surface area contributed by atoms with Gasteiger partial charge in [0.1, 0.15) is 5.75 Å². The van der Waals surface area contributed by atoms with E-state index in [1.807, 2.05) is 56.4 Å². The fraction of sp³-hybridized carbons (Fsp3) is 0.353. The number of hydrogen-bond acceptors (Lipinski definition) is 4. The normalized spacial score (nSPS) is 14.0. The molecule has 1 aromatic carbocycles. The topological polar surface area (TPSA) is 45.6 Å². The molecule has 0 bridgehead atoms. The van der Waals surface area contributed by atoms with E-state index in [0.29, 0.717) is 6.54 Å². The molecule has 4 heteroatoms. The summed E-state index contributed by atoms with van der Waals surface area (Å²) >= 11 is 0. The number of hydrogen-bond donors (Lipinski definition) is 1. The van der Waals surface area contributed by atoms with Crippen molar-refractivity contribution in [2.75, 3.05) is 14.2 Å². The second-order valence-electron chi connectivity index (χ2n) is 5.19. The first kappa shape index (κ1) is 15.5. The lowest BCUT2D eigenvalue weighted by molar-refractivity contribution is 0.0682. The van der Waals surface area contributed by atoms with Gasteiger partial charge in [0.2, 0.25) is 0 Å². The van der Waals surface area contributed by atoms with Crippen LogP contribution in [0.3, 0.4) is 0 Å². The Labute approximate surface area is 126 Å². The standard InChI is InChI=1S/C17H22N2O2/c1-13(19(2)12-15-6-4-5-11-18-15)17(20)14-7-9-16(21-3)10-8-14/h4-11,13,17,20H,12H2,1-3H3. The van der Waals surface area contributed by atoms with Crippen LogP contribution in [0.1, 0.15) is 24.3 Å². The summed E-state index contributed by atoms with van der Waals surface area (Å²) in [5.74, 6) is 0.792. The van der Waals surface area contributed by atoms with Crippen LogP contribution in [0.5, 0.6) is 5.75 Å². The van der Waals surface area contributed by atoms with E-state index in [1.54, 1.807) is 13.3 Å². The minimum atomic E-state index is -0.551. The minimum Gasteiger partial charge on any atom is -0.497 e. The molecule has 0 amide bonds. The quantitative estimate of drug-likeness (QED) is 0.886. The zero-order valence-electron chi connectivity index (χ0n) is 12.7. The summed E-state index contributed by atoms with van der Waals surface area (Å²) in [6.07, 6.45) is 1.23. The molecule has 1 N–H and O–H groups in total. The van der Waals surface area contributed by atoms with Crippen LogP contribution in [-0.2, 0) is 6.54 Å². The average molecular weight is 286 g/mol. The third-order valence-corrected chi connectivity index (χ3v) is 3.75. The third kappa shape index (κ3) is 4.03.